The topological polar surface area (TPSA) is 64.2 Å². The maximum atomic E-state index is 14.1. The lowest BCUT2D eigenvalue weighted by molar-refractivity contribution is 0.104. The highest BCUT2D eigenvalue weighted by Crippen LogP contribution is 2.46. The minimum absolute atomic E-state index is 0.0246. The van der Waals surface area contributed by atoms with Crippen LogP contribution in [0.1, 0.15) is 11.7 Å². The highest BCUT2D eigenvalue weighted by atomic mass is 19.2. The first-order valence-electron chi connectivity index (χ1n) is 9.02. The molecule has 3 aliphatic rings. The molecule has 0 spiro atoms. The molecule has 0 amide bonds. The molecule has 4 heterocycles. The summed E-state index contributed by atoms with van der Waals surface area (Å²) in [6.07, 6.45) is 2.41. The molecular formula is C19H12F3N7O. The summed E-state index contributed by atoms with van der Waals surface area (Å²) in [7, 11) is 0. The van der Waals surface area contributed by atoms with Crippen LogP contribution in [0.5, 0.6) is 0 Å². The Morgan fingerprint density at radius 1 is 1.10 bits per heavy atom. The molecule has 0 radical (unpaired) electrons. The van der Waals surface area contributed by atoms with Gasteiger partial charge in [-0.15, -0.1) is 0 Å². The Kier molecular flexibility index (Phi) is 3.37. The Balaban J connectivity index is 1.41. The fourth-order valence-electron chi connectivity index (χ4n) is 3.82. The van der Waals surface area contributed by atoms with Crippen molar-refractivity contribution in [3.63, 3.8) is 0 Å². The molecule has 2 aromatic carbocycles. The van der Waals surface area contributed by atoms with Gasteiger partial charge in [-0.2, -0.15) is 10.1 Å². The van der Waals surface area contributed by atoms with Crippen LogP contribution in [0.2, 0.25) is 0 Å². The van der Waals surface area contributed by atoms with Crippen LogP contribution in [0.25, 0.3) is 11.5 Å². The quantitative estimate of drug-likeness (QED) is 0.598. The van der Waals surface area contributed by atoms with E-state index >= 15 is 0 Å². The van der Waals surface area contributed by atoms with Gasteiger partial charge in [-0.25, -0.2) is 23.8 Å². The molecule has 0 saturated heterocycles. The van der Waals surface area contributed by atoms with E-state index in [1.807, 2.05) is 24.3 Å². The minimum atomic E-state index is -0.817. The van der Waals surface area contributed by atoms with E-state index < -0.39 is 17.8 Å². The first-order valence-corrected chi connectivity index (χ1v) is 9.02. The van der Waals surface area contributed by atoms with Crippen LogP contribution in [0.4, 0.5) is 24.9 Å². The van der Waals surface area contributed by atoms with E-state index in [1.54, 1.807) is 9.91 Å². The Bertz CT molecular complexity index is 1230. The molecule has 1 atom stereocenters. The van der Waals surface area contributed by atoms with Crippen LogP contribution in [-0.4, -0.2) is 33.3 Å². The van der Waals surface area contributed by atoms with Crippen molar-refractivity contribution in [3.05, 3.63) is 71.7 Å². The summed E-state index contributed by atoms with van der Waals surface area (Å²) < 4.78 is 46.6. The van der Waals surface area contributed by atoms with Crippen molar-refractivity contribution in [3.8, 4) is 11.5 Å². The van der Waals surface area contributed by atoms with Gasteiger partial charge in [0.25, 0.3) is 11.8 Å². The van der Waals surface area contributed by atoms with Gasteiger partial charge >= 0.3 is 0 Å². The predicted molar refractivity (Wildman–Crippen MR) is 100 cm³/mol. The standard InChI is InChI=1S/C19H12F3N7O/c20-11-5-6-12(14(21)7-11)18-24-19(25-30-18)28-9-23-17-13-3-1-2-4-15(13)27-10-26(22)8-16(27)29(17)28/h1-9,17H,10H2. The van der Waals surface area contributed by atoms with Crippen molar-refractivity contribution in [1.82, 2.24) is 20.3 Å². The number of fused-ring (bicyclic) bond motifs is 6. The molecule has 0 aliphatic carbocycles. The number of aromatic nitrogens is 2. The largest absolute Gasteiger partial charge is 0.332 e. The van der Waals surface area contributed by atoms with E-state index in [0.29, 0.717) is 10.9 Å². The molecule has 1 aromatic heterocycles. The number of nitrogens with zero attached hydrogens (tertiary/aromatic N) is 7. The van der Waals surface area contributed by atoms with Gasteiger partial charge < -0.3 is 9.42 Å². The zero-order valence-electron chi connectivity index (χ0n) is 15.2. The number of aliphatic imine (C=N–C) groups is 1. The Labute approximate surface area is 167 Å². The number of hydrazine groups is 1. The number of halogens is 3. The number of hydrogen-bond acceptors (Lipinski definition) is 8. The normalized spacial score (nSPS) is 19.2. The second-order valence-corrected chi connectivity index (χ2v) is 6.87. The lowest BCUT2D eigenvalue weighted by Crippen LogP contribution is -2.47. The fourth-order valence-corrected chi connectivity index (χ4v) is 3.82. The van der Waals surface area contributed by atoms with Gasteiger partial charge in [-0.3, -0.25) is 0 Å². The Hall–Kier alpha value is -4.02. The maximum Gasteiger partial charge on any atom is 0.291 e. The second-order valence-electron chi connectivity index (χ2n) is 6.87. The molecule has 0 fully saturated rings. The first-order chi connectivity index (χ1) is 14.6. The van der Waals surface area contributed by atoms with Crippen molar-refractivity contribution in [2.24, 2.45) is 4.99 Å². The summed E-state index contributed by atoms with van der Waals surface area (Å²) in [6.45, 7) is 0.0295. The summed E-state index contributed by atoms with van der Waals surface area (Å²) in [5.41, 5.74) is 1.71. The van der Waals surface area contributed by atoms with E-state index in [1.165, 1.54) is 23.6 Å². The number of rotatable bonds is 2. The average Bonchev–Trinajstić information content (AvgIpc) is 3.45. The van der Waals surface area contributed by atoms with Crippen molar-refractivity contribution in [1.29, 1.82) is 0 Å². The van der Waals surface area contributed by atoms with Gasteiger partial charge in [0.05, 0.1) is 17.5 Å². The summed E-state index contributed by atoms with van der Waals surface area (Å²) in [4.78, 5) is 10.6. The van der Waals surface area contributed by atoms with Gasteiger partial charge in [0.2, 0.25) is 0 Å². The van der Waals surface area contributed by atoms with E-state index in [4.69, 9.17) is 4.52 Å². The van der Waals surface area contributed by atoms with Gasteiger partial charge in [0.15, 0.2) is 12.0 Å². The summed E-state index contributed by atoms with van der Waals surface area (Å²) in [5.74, 6) is -1.01. The monoisotopic (exact) mass is 411 g/mol. The molecule has 0 saturated carbocycles. The molecule has 3 aromatic rings. The molecular weight excluding hydrogens is 399 g/mol. The van der Waals surface area contributed by atoms with Crippen LogP contribution >= 0.6 is 0 Å². The predicted octanol–water partition coefficient (Wildman–Crippen LogP) is 3.56. The second kappa shape index (κ2) is 5.99. The molecule has 150 valence electrons. The van der Waals surface area contributed by atoms with Gasteiger partial charge in [-0.1, -0.05) is 22.7 Å². The number of anilines is 2. The van der Waals surface area contributed by atoms with Crippen molar-refractivity contribution in [2.45, 2.75) is 6.17 Å². The van der Waals surface area contributed by atoms with E-state index in [0.717, 1.165) is 23.4 Å². The zero-order valence-corrected chi connectivity index (χ0v) is 15.2. The number of benzene rings is 2. The third kappa shape index (κ3) is 2.31. The van der Waals surface area contributed by atoms with Crippen molar-refractivity contribution < 1.29 is 17.8 Å². The van der Waals surface area contributed by atoms with Gasteiger partial charge in [-0.05, 0) is 23.4 Å². The molecule has 1 unspecified atom stereocenters. The lowest BCUT2D eigenvalue weighted by atomic mass is 10.1. The van der Waals surface area contributed by atoms with E-state index in [2.05, 4.69) is 15.1 Å². The third-order valence-corrected chi connectivity index (χ3v) is 5.11. The molecule has 8 nitrogen and oxygen atoms in total. The molecule has 6 rings (SSSR count). The smallest absolute Gasteiger partial charge is 0.291 e. The van der Waals surface area contributed by atoms with E-state index in [-0.39, 0.29) is 24.1 Å². The number of para-hydroxylation sites is 1. The summed E-state index contributed by atoms with van der Waals surface area (Å²) in [6, 6.07) is 10.7. The molecule has 0 bridgehead atoms. The van der Waals surface area contributed by atoms with Gasteiger partial charge in [0, 0.05) is 11.6 Å². The minimum Gasteiger partial charge on any atom is -0.332 e. The molecule has 30 heavy (non-hydrogen) atoms. The van der Waals surface area contributed by atoms with Crippen LogP contribution in [-0.2, 0) is 0 Å². The molecule has 11 heteroatoms. The highest BCUT2D eigenvalue weighted by molar-refractivity contribution is 5.80. The van der Waals surface area contributed by atoms with E-state index in [9.17, 15) is 13.3 Å². The Morgan fingerprint density at radius 3 is 2.83 bits per heavy atom. The third-order valence-electron chi connectivity index (χ3n) is 5.11. The Morgan fingerprint density at radius 2 is 1.97 bits per heavy atom. The lowest BCUT2D eigenvalue weighted by Gasteiger charge is -2.41. The van der Waals surface area contributed by atoms with Crippen LogP contribution in [0.3, 0.4) is 0 Å². The average molecular weight is 411 g/mol. The first kappa shape index (κ1) is 16.9. The van der Waals surface area contributed by atoms with Crippen LogP contribution in [0.15, 0.2) is 64.0 Å². The fraction of sp³-hybridized carbons (Fsp3) is 0.105. The SMILES string of the molecule is Fc1ccc(-c2nc(N3C=NC4c5ccccc5N5CN(F)C=C5N43)no2)c(F)c1. The van der Waals surface area contributed by atoms with Gasteiger partial charge in [0.1, 0.15) is 24.6 Å². The van der Waals surface area contributed by atoms with Crippen LogP contribution < -0.4 is 9.91 Å². The van der Waals surface area contributed by atoms with Crippen molar-refractivity contribution >= 4 is 18.0 Å². The zero-order chi connectivity index (χ0) is 20.4. The van der Waals surface area contributed by atoms with Crippen LogP contribution in [0, 0.1) is 11.6 Å². The summed E-state index contributed by atoms with van der Waals surface area (Å²) >= 11 is 0. The molecule has 3 aliphatic heterocycles. The summed E-state index contributed by atoms with van der Waals surface area (Å²) in [5, 5.41) is 7.71. The van der Waals surface area contributed by atoms with Crippen molar-refractivity contribution in [2.75, 3.05) is 16.6 Å². The molecule has 0 N–H and O–H groups in total. The number of hydrogen-bond donors (Lipinski definition) is 0. The maximum absolute atomic E-state index is 14.1. The highest BCUT2D eigenvalue weighted by Gasteiger charge is 2.45.